The number of allylic oxidation sites excluding steroid dienone is 1. The molecule has 0 fully saturated rings. The molecule has 0 heterocycles. The topological polar surface area (TPSA) is 0 Å². The van der Waals surface area contributed by atoms with Gasteiger partial charge in [0, 0.05) is 0 Å². The fourth-order valence-corrected chi connectivity index (χ4v) is 39.6. The Morgan fingerprint density at radius 3 is 1.86 bits per heavy atom. The molecule has 215 valence electrons. The molecule has 8 rings (SSSR count). The number of hydrogen-bond donors (Lipinski definition) is 0. The molecule has 0 aliphatic heterocycles. The van der Waals surface area contributed by atoms with Crippen LogP contribution in [-0.4, -0.2) is 5.92 Å². The normalized spacial score (nSPS) is 18.1. The zero-order valence-corrected chi connectivity index (χ0v) is 30.4. The summed E-state index contributed by atoms with van der Waals surface area (Å²) in [5.41, 5.74) is 15.1. The number of fused-ring (bicyclic) bond motifs is 4. The molecule has 1 unspecified atom stereocenters. The van der Waals surface area contributed by atoms with E-state index in [0.717, 1.165) is 12.8 Å². The fourth-order valence-electron chi connectivity index (χ4n) is 8.84. The second-order valence-corrected chi connectivity index (χ2v) is 56.1. The fraction of sp³-hybridized carbons (Fsp3) is 0.231. The first-order chi connectivity index (χ1) is 20.7. The third-order valence-corrected chi connectivity index (χ3v) is 62.6. The average molecular weight is 696 g/mol. The summed E-state index contributed by atoms with van der Waals surface area (Å²) in [5, 5.41) is 2.84. The standard InChI is InChI=1S/C24H21.C13H9.C2H7Si.2ClH.Zr/c1-15(2)19-13-18-6-4-7-20(23(18)14-19)21-12-11-17-10-9-16-5-3-8-22(21)24(16)17;1-3-7-12-10(5-1)9-11-6-2-4-8-13(11)12;1-3-2;;;/h3-8,11-15H,9-10H2,1-2H3;1-9H;3H,1-2H3;2*1H;/q;;;;;+2/p-2. The number of rotatable bonds is 5. The van der Waals surface area contributed by atoms with Gasteiger partial charge in [-0.15, -0.1) is 0 Å². The van der Waals surface area contributed by atoms with Gasteiger partial charge in [-0.3, -0.25) is 0 Å². The Hall–Kier alpha value is -2.22. The van der Waals surface area contributed by atoms with Crippen molar-refractivity contribution in [2.75, 3.05) is 0 Å². The molecule has 1 atom stereocenters. The molecule has 3 aliphatic carbocycles. The SMILES string of the molecule is CC(C)C1=Cc2c(-c3ccc4c5c(cccc35)CC4)cccc2[CH]1[Zr]([Cl])([Cl])([CH]1c2ccccc2-c2ccccc21)[SiH](C)C. The number of halogens is 2. The van der Waals surface area contributed by atoms with Crippen LogP contribution in [0.15, 0.2) is 103 Å². The van der Waals surface area contributed by atoms with Crippen molar-refractivity contribution in [3.05, 3.63) is 136 Å². The maximum absolute atomic E-state index is 8.60. The van der Waals surface area contributed by atoms with Gasteiger partial charge in [0.15, 0.2) is 0 Å². The molecule has 43 heavy (non-hydrogen) atoms. The maximum atomic E-state index is 8.60. The van der Waals surface area contributed by atoms with Gasteiger partial charge in [-0.1, -0.05) is 0 Å². The number of aryl methyl sites for hydroxylation is 2. The van der Waals surface area contributed by atoms with Crippen LogP contribution in [0, 0.1) is 5.92 Å². The molecule has 4 heteroatoms. The van der Waals surface area contributed by atoms with E-state index in [9.17, 15) is 0 Å². The molecule has 5 aromatic carbocycles. The summed E-state index contributed by atoms with van der Waals surface area (Å²) < 4.78 is 0.176. The van der Waals surface area contributed by atoms with Crippen molar-refractivity contribution in [3.63, 3.8) is 0 Å². The molecular weight excluding hydrogens is 659 g/mol. The van der Waals surface area contributed by atoms with Crippen molar-refractivity contribution in [2.45, 2.75) is 47.0 Å². The van der Waals surface area contributed by atoms with E-state index in [2.05, 4.69) is 130 Å². The summed E-state index contributed by atoms with van der Waals surface area (Å²) >= 11 is -4.80. The summed E-state index contributed by atoms with van der Waals surface area (Å²) in [6.07, 6.45) is 4.79. The van der Waals surface area contributed by atoms with Gasteiger partial charge >= 0.3 is 267 Å². The van der Waals surface area contributed by atoms with Gasteiger partial charge in [-0.05, 0) is 0 Å². The van der Waals surface area contributed by atoms with Crippen LogP contribution in [0.25, 0.3) is 39.1 Å². The van der Waals surface area contributed by atoms with Gasteiger partial charge in [-0.2, -0.15) is 0 Å². The quantitative estimate of drug-likeness (QED) is 0.161. The van der Waals surface area contributed by atoms with Gasteiger partial charge in [0.2, 0.25) is 0 Å². The molecule has 0 nitrogen and oxygen atoms in total. The molecule has 0 spiro atoms. The van der Waals surface area contributed by atoms with Crippen LogP contribution < -0.4 is 0 Å². The van der Waals surface area contributed by atoms with E-state index in [1.807, 2.05) is 0 Å². The van der Waals surface area contributed by atoms with Crippen molar-refractivity contribution in [1.29, 1.82) is 0 Å². The van der Waals surface area contributed by atoms with Crippen LogP contribution in [0.5, 0.6) is 0 Å². The zero-order valence-electron chi connectivity index (χ0n) is 25.3. The van der Waals surface area contributed by atoms with E-state index >= 15 is 0 Å². The van der Waals surface area contributed by atoms with Crippen molar-refractivity contribution in [3.8, 4) is 22.3 Å². The van der Waals surface area contributed by atoms with E-state index in [1.165, 1.54) is 72.0 Å². The predicted molar refractivity (Wildman–Crippen MR) is 187 cm³/mol. The Morgan fingerprint density at radius 2 is 1.21 bits per heavy atom. The van der Waals surface area contributed by atoms with Crippen LogP contribution >= 0.6 is 17.0 Å². The third-order valence-electron chi connectivity index (χ3n) is 11.0. The molecule has 0 bridgehead atoms. The molecule has 0 radical (unpaired) electrons. The predicted octanol–water partition coefficient (Wildman–Crippen LogP) is 11.5. The Kier molecular flexibility index (Phi) is 6.50. The number of hydrogen-bond acceptors (Lipinski definition) is 0. The monoisotopic (exact) mass is 693 g/mol. The second kappa shape index (κ2) is 9.89. The molecular formula is C39H37Cl2SiZr. The van der Waals surface area contributed by atoms with Crippen LogP contribution in [0.2, 0.25) is 13.1 Å². The van der Waals surface area contributed by atoms with Gasteiger partial charge in [0.1, 0.15) is 0 Å². The van der Waals surface area contributed by atoms with Gasteiger partial charge in [0.05, 0.1) is 0 Å². The summed E-state index contributed by atoms with van der Waals surface area (Å²) in [7, 11) is 17.2. The first-order valence-electron chi connectivity index (χ1n) is 15.8. The van der Waals surface area contributed by atoms with Gasteiger partial charge in [0.25, 0.3) is 0 Å². The second-order valence-electron chi connectivity index (χ2n) is 13.6. The van der Waals surface area contributed by atoms with Crippen LogP contribution in [0.4, 0.5) is 0 Å². The van der Waals surface area contributed by atoms with Crippen LogP contribution in [0.3, 0.4) is 0 Å². The molecule has 0 N–H and O–H groups in total. The van der Waals surface area contributed by atoms with Crippen LogP contribution in [0.1, 0.15) is 54.5 Å². The Bertz CT molecular complexity index is 1950. The number of benzene rings is 5. The van der Waals surface area contributed by atoms with Crippen molar-refractivity contribution in [1.82, 2.24) is 0 Å². The van der Waals surface area contributed by atoms with Crippen molar-refractivity contribution >= 4 is 39.8 Å². The van der Waals surface area contributed by atoms with E-state index in [1.54, 1.807) is 0 Å². The van der Waals surface area contributed by atoms with Gasteiger partial charge < -0.3 is 0 Å². The summed E-state index contributed by atoms with van der Waals surface area (Å²) in [4.78, 5) is 0. The Labute approximate surface area is 264 Å². The third kappa shape index (κ3) is 3.83. The van der Waals surface area contributed by atoms with Crippen molar-refractivity contribution in [2.24, 2.45) is 5.92 Å². The van der Waals surface area contributed by atoms with E-state index in [4.69, 9.17) is 17.0 Å². The van der Waals surface area contributed by atoms with Crippen LogP contribution in [-0.2, 0) is 28.4 Å². The Morgan fingerprint density at radius 1 is 0.628 bits per heavy atom. The molecule has 0 aromatic heterocycles. The summed E-state index contributed by atoms with van der Waals surface area (Å²) in [6.45, 7) is 9.56. The first kappa shape index (κ1) is 28.3. The Balaban J connectivity index is 1.40. The van der Waals surface area contributed by atoms with Gasteiger partial charge in [-0.25, -0.2) is 0 Å². The average Bonchev–Trinajstić information content (AvgIpc) is 3.71. The summed E-state index contributed by atoms with van der Waals surface area (Å²) in [6, 6.07) is 36.4. The van der Waals surface area contributed by atoms with Crippen molar-refractivity contribution < 1.29 is 15.6 Å². The molecule has 5 aromatic rings. The molecule has 0 saturated heterocycles. The molecule has 3 aliphatic rings. The van der Waals surface area contributed by atoms with E-state index in [-0.39, 0.29) is 7.25 Å². The minimum absolute atomic E-state index is 0.0855. The zero-order chi connectivity index (χ0) is 29.7. The summed E-state index contributed by atoms with van der Waals surface area (Å²) in [5.74, 6) is -1.26. The van der Waals surface area contributed by atoms with E-state index in [0.29, 0.717) is 5.92 Å². The van der Waals surface area contributed by atoms with E-state index < -0.39 is 21.5 Å². The first-order valence-corrected chi connectivity index (χ1v) is 32.1. The minimum atomic E-state index is -4.80. The molecule has 0 saturated carbocycles. The molecule has 0 amide bonds.